The van der Waals surface area contributed by atoms with Crippen molar-refractivity contribution in [1.29, 1.82) is 0 Å². The first kappa shape index (κ1) is 20.2. The number of methoxy groups -OCH3 is 1. The Morgan fingerprint density at radius 2 is 2.07 bits per heavy atom. The topological polar surface area (TPSA) is 46.4 Å². The number of aryl methyl sites for hydroxylation is 2. The zero-order chi connectivity index (χ0) is 20.3. The second-order valence-electron chi connectivity index (χ2n) is 7.00. The number of oxime groups is 1. The van der Waals surface area contributed by atoms with Crippen molar-refractivity contribution in [2.45, 2.75) is 33.3 Å². The molecular formula is C22H26ClN3O2. The molecule has 28 heavy (non-hydrogen) atoms. The molecule has 1 heterocycles. The number of ether oxygens (including phenoxy) is 1. The summed E-state index contributed by atoms with van der Waals surface area (Å²) in [5.41, 5.74) is 5.93. The molecule has 2 aromatic rings. The van der Waals surface area contributed by atoms with E-state index in [2.05, 4.69) is 23.1 Å². The number of benzene rings is 2. The Labute approximate surface area is 171 Å². The number of nitrogens with zero attached hydrogens (tertiary/aromatic N) is 3. The third kappa shape index (κ3) is 4.30. The van der Waals surface area contributed by atoms with Gasteiger partial charge < -0.3 is 14.5 Å². The molecule has 5 nitrogen and oxygen atoms in total. The molecule has 0 fully saturated rings. The lowest BCUT2D eigenvalue weighted by molar-refractivity contribution is 0.0853. The van der Waals surface area contributed by atoms with E-state index in [9.17, 15) is 0 Å². The van der Waals surface area contributed by atoms with Gasteiger partial charge in [-0.25, -0.2) is 4.99 Å². The van der Waals surface area contributed by atoms with Crippen molar-refractivity contribution in [2.24, 2.45) is 10.1 Å². The number of hydrogen-bond donors (Lipinski definition) is 0. The molecule has 6 heteroatoms. The van der Waals surface area contributed by atoms with E-state index in [0.717, 1.165) is 45.9 Å². The van der Waals surface area contributed by atoms with E-state index in [4.69, 9.17) is 21.2 Å². The summed E-state index contributed by atoms with van der Waals surface area (Å²) < 4.78 is 5.33. The second kappa shape index (κ2) is 8.65. The highest BCUT2D eigenvalue weighted by Gasteiger charge is 2.26. The van der Waals surface area contributed by atoms with E-state index in [0.29, 0.717) is 11.4 Å². The summed E-state index contributed by atoms with van der Waals surface area (Å²) in [7, 11) is 3.65. The Kier molecular flexibility index (Phi) is 6.25. The van der Waals surface area contributed by atoms with Gasteiger partial charge in [-0.1, -0.05) is 16.8 Å². The maximum Gasteiger partial charge on any atom is 0.158 e. The zero-order valence-corrected chi connectivity index (χ0v) is 17.7. The summed E-state index contributed by atoms with van der Waals surface area (Å²) >= 11 is 6.47. The second-order valence-corrected chi connectivity index (χ2v) is 7.41. The van der Waals surface area contributed by atoms with Gasteiger partial charge in [0, 0.05) is 20.0 Å². The van der Waals surface area contributed by atoms with Gasteiger partial charge in [-0.05, 0) is 73.4 Å². The van der Waals surface area contributed by atoms with Crippen molar-refractivity contribution < 1.29 is 9.57 Å². The molecule has 0 N–H and O–H groups in total. The molecule has 1 aliphatic heterocycles. The summed E-state index contributed by atoms with van der Waals surface area (Å²) in [6.07, 6.45) is 2.34. The largest absolute Gasteiger partial charge is 0.496 e. The van der Waals surface area contributed by atoms with Gasteiger partial charge in [-0.3, -0.25) is 0 Å². The molecule has 0 spiro atoms. The molecule has 0 aliphatic carbocycles. The van der Waals surface area contributed by atoms with Crippen LogP contribution in [0.4, 0.5) is 5.69 Å². The van der Waals surface area contributed by atoms with Crippen LogP contribution < -0.4 is 4.74 Å². The van der Waals surface area contributed by atoms with Crippen LogP contribution in [-0.2, 0) is 4.84 Å². The van der Waals surface area contributed by atoms with Crippen LogP contribution in [0.3, 0.4) is 0 Å². The summed E-state index contributed by atoms with van der Waals surface area (Å²) in [6, 6.07) is 9.99. The van der Waals surface area contributed by atoms with E-state index < -0.39 is 0 Å². The van der Waals surface area contributed by atoms with Gasteiger partial charge in [0.25, 0.3) is 0 Å². The van der Waals surface area contributed by atoms with Crippen molar-refractivity contribution in [1.82, 2.24) is 4.90 Å². The third-order valence-corrected chi connectivity index (χ3v) is 5.27. The zero-order valence-electron chi connectivity index (χ0n) is 17.0. The minimum atomic E-state index is -0.147. The molecule has 148 valence electrons. The molecule has 3 rings (SSSR count). The van der Waals surface area contributed by atoms with Crippen molar-refractivity contribution in [2.75, 3.05) is 20.7 Å². The van der Waals surface area contributed by atoms with Gasteiger partial charge in [0.2, 0.25) is 0 Å². The SMILES string of the molecule is CCN(C)C=Nc1cc(C)c(C2CC(c3ccc(OC)c(C)c3)=NO2)cc1Cl. The van der Waals surface area contributed by atoms with Crippen LogP contribution in [0.2, 0.25) is 5.02 Å². The highest BCUT2D eigenvalue weighted by atomic mass is 35.5. The minimum absolute atomic E-state index is 0.147. The number of aliphatic imine (C=N–C) groups is 1. The van der Waals surface area contributed by atoms with Gasteiger partial charge in [-0.2, -0.15) is 0 Å². The van der Waals surface area contributed by atoms with Crippen LogP contribution in [-0.4, -0.2) is 37.7 Å². The minimum Gasteiger partial charge on any atom is -0.496 e. The first-order valence-corrected chi connectivity index (χ1v) is 9.72. The Hall–Kier alpha value is -2.53. The maximum atomic E-state index is 6.47. The van der Waals surface area contributed by atoms with Crippen LogP contribution in [0, 0.1) is 13.8 Å². The van der Waals surface area contributed by atoms with E-state index in [1.165, 1.54) is 0 Å². The molecular weight excluding hydrogens is 374 g/mol. The average Bonchev–Trinajstić information content (AvgIpc) is 3.17. The molecule has 0 radical (unpaired) electrons. The van der Waals surface area contributed by atoms with Crippen LogP contribution in [0.25, 0.3) is 0 Å². The fourth-order valence-electron chi connectivity index (χ4n) is 3.14. The molecule has 0 bridgehead atoms. The van der Waals surface area contributed by atoms with E-state index in [1.54, 1.807) is 13.4 Å². The van der Waals surface area contributed by atoms with Gasteiger partial charge in [0.05, 0.1) is 29.9 Å². The van der Waals surface area contributed by atoms with Crippen LogP contribution in [0.1, 0.15) is 41.7 Å². The number of hydrogen-bond acceptors (Lipinski definition) is 4. The van der Waals surface area contributed by atoms with Crippen LogP contribution in [0.5, 0.6) is 5.75 Å². The fourth-order valence-corrected chi connectivity index (χ4v) is 3.36. The highest BCUT2D eigenvalue weighted by Crippen LogP contribution is 2.37. The number of rotatable bonds is 6. The lowest BCUT2D eigenvalue weighted by Gasteiger charge is -2.14. The fraction of sp³-hybridized carbons (Fsp3) is 0.364. The Morgan fingerprint density at radius 1 is 1.29 bits per heavy atom. The Bertz CT molecular complexity index is 924. The van der Waals surface area contributed by atoms with E-state index >= 15 is 0 Å². The summed E-state index contributed by atoms with van der Waals surface area (Å²) in [4.78, 5) is 12.2. The monoisotopic (exact) mass is 399 g/mol. The van der Waals surface area contributed by atoms with Crippen molar-refractivity contribution >= 4 is 29.3 Å². The average molecular weight is 400 g/mol. The molecule has 0 saturated carbocycles. The molecule has 1 unspecified atom stereocenters. The Balaban J connectivity index is 1.78. The summed E-state index contributed by atoms with van der Waals surface area (Å²) in [6.45, 7) is 7.03. The third-order valence-electron chi connectivity index (χ3n) is 4.97. The molecule has 0 saturated heterocycles. The van der Waals surface area contributed by atoms with Gasteiger partial charge >= 0.3 is 0 Å². The van der Waals surface area contributed by atoms with Crippen molar-refractivity contribution in [3.8, 4) is 5.75 Å². The van der Waals surface area contributed by atoms with Gasteiger partial charge in [0.15, 0.2) is 6.10 Å². The standard InChI is InChI=1S/C22H26ClN3O2/c1-6-26(4)13-24-20-10-14(2)17(11-18(20)23)22-12-19(25-28-22)16-7-8-21(27-5)15(3)9-16/h7-11,13,22H,6,12H2,1-5H3. The quantitative estimate of drug-likeness (QED) is 0.479. The lowest BCUT2D eigenvalue weighted by atomic mass is 9.96. The molecule has 1 atom stereocenters. The van der Waals surface area contributed by atoms with E-state index in [1.807, 2.05) is 50.1 Å². The maximum absolute atomic E-state index is 6.47. The Morgan fingerprint density at radius 3 is 2.75 bits per heavy atom. The van der Waals surface area contributed by atoms with Crippen LogP contribution >= 0.6 is 11.6 Å². The van der Waals surface area contributed by atoms with Crippen molar-refractivity contribution in [3.63, 3.8) is 0 Å². The molecule has 0 amide bonds. The predicted octanol–water partition coefficient (Wildman–Crippen LogP) is 5.44. The van der Waals surface area contributed by atoms with Gasteiger partial charge in [0.1, 0.15) is 5.75 Å². The molecule has 1 aliphatic rings. The lowest BCUT2D eigenvalue weighted by Crippen LogP contribution is -2.14. The number of halogens is 1. The van der Waals surface area contributed by atoms with Gasteiger partial charge in [-0.15, -0.1) is 0 Å². The first-order chi connectivity index (χ1) is 13.4. The smallest absolute Gasteiger partial charge is 0.158 e. The van der Waals surface area contributed by atoms with E-state index in [-0.39, 0.29) is 6.10 Å². The predicted molar refractivity (Wildman–Crippen MR) is 115 cm³/mol. The normalized spacial score (nSPS) is 16.2. The van der Waals surface area contributed by atoms with Crippen molar-refractivity contribution in [3.05, 3.63) is 57.6 Å². The summed E-state index contributed by atoms with van der Waals surface area (Å²) in [5, 5.41) is 4.93. The summed E-state index contributed by atoms with van der Waals surface area (Å²) in [5.74, 6) is 0.868. The van der Waals surface area contributed by atoms with Crippen LogP contribution in [0.15, 0.2) is 40.5 Å². The molecule has 0 aromatic heterocycles. The highest BCUT2D eigenvalue weighted by molar-refractivity contribution is 6.33. The molecule has 2 aromatic carbocycles. The first-order valence-electron chi connectivity index (χ1n) is 9.35.